The lowest BCUT2D eigenvalue weighted by atomic mass is 10.1. The largest absolute Gasteiger partial charge is 0.455 e. The second kappa shape index (κ2) is 9.24. The number of benzene rings is 1. The van der Waals surface area contributed by atoms with Crippen LogP contribution in [0.2, 0.25) is 38.3 Å². The quantitative estimate of drug-likeness (QED) is 0.383. The minimum absolute atomic E-state index is 0.204. The molecule has 2 heterocycles. The third kappa shape index (κ3) is 5.51. The van der Waals surface area contributed by atoms with Crippen molar-refractivity contribution in [3.8, 4) is 0 Å². The first-order valence-corrected chi connectivity index (χ1v) is 17.3. The van der Waals surface area contributed by atoms with E-state index in [1.807, 2.05) is 13.0 Å². The Morgan fingerprint density at radius 1 is 0.750 bits per heavy atom. The maximum Gasteiger partial charge on any atom is 0.261 e. The van der Waals surface area contributed by atoms with Gasteiger partial charge in [0, 0.05) is 25.2 Å². The van der Waals surface area contributed by atoms with E-state index < -0.39 is 16.6 Å². The first kappa shape index (κ1) is 24.3. The highest BCUT2D eigenvalue weighted by molar-refractivity contribution is 6.84. The van der Waals surface area contributed by atoms with Crippen LogP contribution in [0.4, 0.5) is 0 Å². The number of nitrogens with zero attached hydrogens (tertiary/aromatic N) is 2. The summed E-state index contributed by atoms with van der Waals surface area (Å²) < 4.78 is 6.63. The Hall–Kier alpha value is -2.37. The van der Waals surface area contributed by atoms with Crippen LogP contribution in [0.25, 0.3) is 0 Å². The topological polar surface area (TPSA) is 84.0 Å². The third-order valence-corrected chi connectivity index (χ3v) is 13.4. The van der Waals surface area contributed by atoms with E-state index in [0.29, 0.717) is 24.2 Å². The normalized spacial score (nSPS) is 16.5. The molecule has 0 saturated carbocycles. The fraction of sp³-hybridized carbons (Fsp3) is 0.478. The summed E-state index contributed by atoms with van der Waals surface area (Å²) in [5.41, 5.74) is 1.96. The molecule has 4 amide bonds. The lowest BCUT2D eigenvalue weighted by Crippen LogP contribution is -2.45. The highest BCUT2D eigenvalue weighted by atomic mass is 28.4. The number of carbonyl (C=O) groups excluding carboxylic acids is 4. The molecule has 3 rings (SSSR count). The minimum atomic E-state index is -2.00. The number of hydrogen-bond acceptors (Lipinski definition) is 5. The van der Waals surface area contributed by atoms with Gasteiger partial charge < -0.3 is 4.12 Å². The van der Waals surface area contributed by atoms with Gasteiger partial charge in [-0.2, -0.15) is 0 Å². The molecule has 0 aromatic heterocycles. The Morgan fingerprint density at radius 3 is 1.81 bits per heavy atom. The molecule has 0 N–H and O–H groups in total. The van der Waals surface area contributed by atoms with Gasteiger partial charge in [-0.25, -0.2) is 0 Å². The fourth-order valence-electron chi connectivity index (χ4n) is 4.43. The average Bonchev–Trinajstić information content (AvgIpc) is 3.12. The van der Waals surface area contributed by atoms with Crippen molar-refractivity contribution in [2.24, 2.45) is 0 Å². The summed E-state index contributed by atoms with van der Waals surface area (Å²) in [6.07, 6.45) is 4.08. The second-order valence-electron chi connectivity index (χ2n) is 9.80. The molecular weight excluding hydrogens is 440 g/mol. The molecule has 0 fully saturated rings. The zero-order valence-corrected chi connectivity index (χ0v) is 21.6. The summed E-state index contributed by atoms with van der Waals surface area (Å²) in [5, 5.41) is 0. The molecule has 0 aliphatic carbocycles. The van der Waals surface area contributed by atoms with Crippen LogP contribution in [0.3, 0.4) is 0 Å². The summed E-state index contributed by atoms with van der Waals surface area (Å²) in [7, 11) is -3.98. The van der Waals surface area contributed by atoms with Crippen LogP contribution in [0.5, 0.6) is 0 Å². The van der Waals surface area contributed by atoms with Gasteiger partial charge in [-0.15, -0.1) is 0 Å². The Kier molecular flexibility index (Phi) is 7.01. The van der Waals surface area contributed by atoms with Crippen molar-refractivity contribution in [2.75, 3.05) is 13.1 Å². The molecule has 0 saturated heterocycles. The number of imide groups is 2. The summed E-state index contributed by atoms with van der Waals surface area (Å²) in [6, 6.07) is 7.09. The lowest BCUT2D eigenvalue weighted by Gasteiger charge is -2.34. The number of aryl methyl sites for hydroxylation is 1. The maximum atomic E-state index is 12.7. The SMILES string of the molecule is Cc1ccc2c(c1)C(=O)N(CCC[Si](C)(C)O[Si](C)(C)CCCN1C(=O)C=CC1=O)C2=O. The molecule has 0 spiro atoms. The van der Waals surface area contributed by atoms with Crippen LogP contribution in [0.15, 0.2) is 30.4 Å². The van der Waals surface area contributed by atoms with Crippen molar-refractivity contribution >= 4 is 40.3 Å². The van der Waals surface area contributed by atoms with Crippen molar-refractivity contribution in [3.05, 3.63) is 47.0 Å². The molecule has 1 aromatic carbocycles. The van der Waals surface area contributed by atoms with Gasteiger partial charge in [0.2, 0.25) is 0 Å². The van der Waals surface area contributed by atoms with Gasteiger partial charge >= 0.3 is 0 Å². The summed E-state index contributed by atoms with van der Waals surface area (Å²) in [6.45, 7) is 11.4. The van der Waals surface area contributed by atoms with E-state index in [1.54, 1.807) is 12.1 Å². The van der Waals surface area contributed by atoms with Gasteiger partial charge in [-0.1, -0.05) is 11.6 Å². The molecule has 7 nitrogen and oxygen atoms in total. The fourth-order valence-corrected chi connectivity index (χ4v) is 13.3. The molecular formula is C23H32N2O5Si2. The second-order valence-corrected chi connectivity index (χ2v) is 18.7. The van der Waals surface area contributed by atoms with Gasteiger partial charge in [-0.05, 0) is 70.2 Å². The molecule has 1 aromatic rings. The van der Waals surface area contributed by atoms with E-state index in [1.165, 1.54) is 22.0 Å². The minimum Gasteiger partial charge on any atom is -0.455 e. The smallest absolute Gasteiger partial charge is 0.261 e. The Balaban J connectivity index is 1.46. The van der Waals surface area contributed by atoms with Crippen molar-refractivity contribution < 1.29 is 23.3 Å². The van der Waals surface area contributed by atoms with Crippen LogP contribution in [-0.4, -0.2) is 63.2 Å². The van der Waals surface area contributed by atoms with Crippen LogP contribution in [0, 0.1) is 6.92 Å². The molecule has 0 bridgehead atoms. The third-order valence-electron chi connectivity index (χ3n) is 5.90. The number of fused-ring (bicyclic) bond motifs is 1. The highest BCUT2D eigenvalue weighted by Crippen LogP contribution is 2.27. The van der Waals surface area contributed by atoms with Crippen molar-refractivity contribution in [2.45, 2.75) is 58.0 Å². The predicted molar refractivity (Wildman–Crippen MR) is 127 cm³/mol. The molecule has 2 aliphatic rings. The van der Waals surface area contributed by atoms with Gasteiger partial charge in [0.25, 0.3) is 23.6 Å². The first-order valence-electron chi connectivity index (χ1n) is 11.1. The van der Waals surface area contributed by atoms with Crippen molar-refractivity contribution in [1.82, 2.24) is 9.80 Å². The molecule has 9 heteroatoms. The molecule has 2 aliphatic heterocycles. The standard InChI is InChI=1S/C23H32N2O5Si2/c1-17-8-9-18-19(16-17)23(29)25(22(18)28)13-7-15-32(4,5)30-31(2,3)14-6-12-24-20(26)10-11-21(24)27/h8-11,16H,6-7,12-15H2,1-5H3. The number of carbonyl (C=O) groups is 4. The molecule has 0 unspecified atom stereocenters. The van der Waals surface area contributed by atoms with Gasteiger partial charge in [0.05, 0.1) is 11.1 Å². The van der Waals surface area contributed by atoms with Crippen molar-refractivity contribution in [1.29, 1.82) is 0 Å². The molecule has 0 atom stereocenters. The predicted octanol–water partition coefficient (Wildman–Crippen LogP) is 3.72. The summed E-state index contributed by atoms with van der Waals surface area (Å²) >= 11 is 0. The Bertz CT molecular complexity index is 969. The molecule has 0 radical (unpaired) electrons. The van der Waals surface area contributed by atoms with Crippen LogP contribution >= 0.6 is 0 Å². The number of hydrogen-bond donors (Lipinski definition) is 0. The van der Waals surface area contributed by atoms with E-state index in [9.17, 15) is 19.2 Å². The van der Waals surface area contributed by atoms with E-state index >= 15 is 0 Å². The first-order chi connectivity index (χ1) is 14.9. The zero-order valence-electron chi connectivity index (χ0n) is 19.6. The van der Waals surface area contributed by atoms with Crippen LogP contribution in [-0.2, 0) is 13.7 Å². The maximum absolute atomic E-state index is 12.7. The highest BCUT2D eigenvalue weighted by Gasteiger charge is 2.37. The monoisotopic (exact) mass is 472 g/mol. The van der Waals surface area contributed by atoms with Crippen LogP contribution < -0.4 is 0 Å². The summed E-state index contributed by atoms with van der Waals surface area (Å²) in [4.78, 5) is 51.3. The lowest BCUT2D eigenvalue weighted by molar-refractivity contribution is -0.136. The zero-order chi connectivity index (χ0) is 23.7. The van der Waals surface area contributed by atoms with E-state index in [-0.39, 0.29) is 23.6 Å². The van der Waals surface area contributed by atoms with Gasteiger partial charge in [0.15, 0.2) is 16.6 Å². The molecule has 32 heavy (non-hydrogen) atoms. The van der Waals surface area contributed by atoms with Gasteiger partial charge in [0.1, 0.15) is 0 Å². The Labute approximate surface area is 191 Å². The number of amides is 4. The Morgan fingerprint density at radius 2 is 1.25 bits per heavy atom. The van der Waals surface area contributed by atoms with E-state index in [0.717, 1.165) is 30.5 Å². The summed E-state index contributed by atoms with van der Waals surface area (Å²) in [5.74, 6) is -0.897. The van der Waals surface area contributed by atoms with E-state index in [4.69, 9.17) is 4.12 Å². The number of rotatable bonds is 10. The average molecular weight is 473 g/mol. The van der Waals surface area contributed by atoms with Crippen molar-refractivity contribution in [3.63, 3.8) is 0 Å². The molecule has 172 valence electrons. The van der Waals surface area contributed by atoms with E-state index in [2.05, 4.69) is 26.2 Å². The van der Waals surface area contributed by atoms with Gasteiger partial charge in [-0.3, -0.25) is 29.0 Å². The van der Waals surface area contributed by atoms with Crippen LogP contribution in [0.1, 0.15) is 39.1 Å².